The minimum atomic E-state index is -1.13. The molecule has 11 heteroatoms. The van der Waals surface area contributed by atoms with Crippen molar-refractivity contribution in [3.63, 3.8) is 0 Å². The summed E-state index contributed by atoms with van der Waals surface area (Å²) in [6.07, 6.45) is 6.90. The Morgan fingerprint density at radius 2 is 1.67 bits per heavy atom. The van der Waals surface area contributed by atoms with E-state index < -0.39 is 30.2 Å². The van der Waals surface area contributed by atoms with Crippen LogP contribution in [0.2, 0.25) is 0 Å². The van der Waals surface area contributed by atoms with Crippen LogP contribution in [-0.4, -0.2) is 60.3 Å². The Balaban J connectivity index is 1.45. The summed E-state index contributed by atoms with van der Waals surface area (Å²) in [7, 11) is 0. The fourth-order valence-corrected chi connectivity index (χ4v) is 5.52. The van der Waals surface area contributed by atoms with Gasteiger partial charge >= 0.3 is 18.1 Å². The Morgan fingerprint density at radius 3 is 2.33 bits per heavy atom. The number of carboxylic acid groups (broad SMARTS) is 1. The standard InChI is InChI=1S/C28H43N5O6/c29-14-6-4-11-23(26(35)36)33-27(37)32-22(25(34)31-24-17-20-12-13-21(24)16-20)10-5-7-15-30-28(38)39-18-19-8-2-1-3-9-19/h1-3,8-9,20-24H,4-7,10-18,29H2,(H,30,38)(H,31,34)(H,35,36)(H2,32,33,37)/t20-,21-,22+,23-,24?/m0/s1. The molecule has 11 nitrogen and oxygen atoms in total. The third-order valence-electron chi connectivity index (χ3n) is 7.64. The molecule has 7 N–H and O–H groups in total. The van der Waals surface area contributed by atoms with Crippen molar-refractivity contribution in [2.24, 2.45) is 17.6 Å². The molecule has 3 rings (SSSR count). The highest BCUT2D eigenvalue weighted by atomic mass is 16.5. The Morgan fingerprint density at radius 1 is 0.949 bits per heavy atom. The van der Waals surface area contributed by atoms with Crippen molar-refractivity contribution >= 4 is 24.0 Å². The molecule has 0 spiro atoms. The molecule has 1 aromatic carbocycles. The normalized spacial score (nSPS) is 21.0. The van der Waals surface area contributed by atoms with Gasteiger partial charge in [0.15, 0.2) is 0 Å². The van der Waals surface area contributed by atoms with Gasteiger partial charge in [-0.1, -0.05) is 36.8 Å². The minimum absolute atomic E-state index is 0.118. The van der Waals surface area contributed by atoms with Crippen LogP contribution in [0.3, 0.4) is 0 Å². The van der Waals surface area contributed by atoms with Crippen molar-refractivity contribution in [3.8, 4) is 0 Å². The van der Waals surface area contributed by atoms with Crippen molar-refractivity contribution in [1.82, 2.24) is 21.3 Å². The highest BCUT2D eigenvalue weighted by Gasteiger charge is 2.40. The second kappa shape index (κ2) is 15.9. The lowest BCUT2D eigenvalue weighted by molar-refractivity contribution is -0.139. The Labute approximate surface area is 230 Å². The van der Waals surface area contributed by atoms with Crippen LogP contribution < -0.4 is 27.0 Å². The van der Waals surface area contributed by atoms with Gasteiger partial charge in [0, 0.05) is 12.6 Å². The summed E-state index contributed by atoms with van der Waals surface area (Å²) < 4.78 is 5.20. The third-order valence-corrected chi connectivity index (χ3v) is 7.64. The molecule has 2 saturated carbocycles. The van der Waals surface area contributed by atoms with Crippen LogP contribution in [0.1, 0.15) is 69.8 Å². The van der Waals surface area contributed by atoms with E-state index in [1.54, 1.807) is 0 Å². The van der Waals surface area contributed by atoms with E-state index in [4.69, 9.17) is 10.5 Å². The smallest absolute Gasteiger partial charge is 0.407 e. The fraction of sp³-hybridized carbons (Fsp3) is 0.643. The monoisotopic (exact) mass is 545 g/mol. The molecular weight excluding hydrogens is 502 g/mol. The van der Waals surface area contributed by atoms with E-state index in [0.29, 0.717) is 57.0 Å². The minimum Gasteiger partial charge on any atom is -0.480 e. The first-order chi connectivity index (χ1) is 18.9. The number of urea groups is 1. The number of ether oxygens (including phenoxy) is 1. The van der Waals surface area contributed by atoms with Gasteiger partial charge in [-0.15, -0.1) is 0 Å². The van der Waals surface area contributed by atoms with Crippen molar-refractivity contribution < 1.29 is 29.0 Å². The van der Waals surface area contributed by atoms with Crippen LogP contribution >= 0.6 is 0 Å². The number of carbonyl (C=O) groups excluding carboxylic acids is 3. The van der Waals surface area contributed by atoms with Crippen molar-refractivity contribution in [1.29, 1.82) is 0 Å². The van der Waals surface area contributed by atoms with Crippen LogP contribution in [0, 0.1) is 11.8 Å². The van der Waals surface area contributed by atoms with Crippen LogP contribution in [0.25, 0.3) is 0 Å². The quantitative estimate of drug-likeness (QED) is 0.173. The summed E-state index contributed by atoms with van der Waals surface area (Å²) in [4.78, 5) is 49.4. The number of nitrogens with one attached hydrogen (secondary N) is 4. The summed E-state index contributed by atoms with van der Waals surface area (Å²) in [5.74, 6) is -0.241. The van der Waals surface area contributed by atoms with Crippen LogP contribution in [-0.2, 0) is 20.9 Å². The summed E-state index contributed by atoms with van der Waals surface area (Å²) in [5.41, 5.74) is 6.38. The van der Waals surface area contributed by atoms with Crippen LogP contribution in [0.15, 0.2) is 30.3 Å². The first-order valence-corrected chi connectivity index (χ1v) is 14.1. The number of carboxylic acids is 1. The van der Waals surface area contributed by atoms with Gasteiger partial charge in [0.1, 0.15) is 18.7 Å². The molecule has 0 aliphatic heterocycles. The predicted molar refractivity (Wildman–Crippen MR) is 146 cm³/mol. The number of rotatable bonds is 16. The number of carbonyl (C=O) groups is 4. The van der Waals surface area contributed by atoms with E-state index in [0.717, 1.165) is 24.8 Å². The molecule has 0 aromatic heterocycles. The van der Waals surface area contributed by atoms with Gasteiger partial charge in [-0.25, -0.2) is 14.4 Å². The average molecular weight is 546 g/mol. The average Bonchev–Trinajstić information content (AvgIpc) is 3.54. The molecule has 1 aromatic rings. The van der Waals surface area contributed by atoms with E-state index in [1.807, 2.05) is 30.3 Å². The third kappa shape index (κ3) is 10.4. The molecule has 216 valence electrons. The lowest BCUT2D eigenvalue weighted by atomic mass is 9.95. The molecule has 2 fully saturated rings. The van der Waals surface area contributed by atoms with E-state index in [1.165, 1.54) is 6.42 Å². The van der Waals surface area contributed by atoms with E-state index >= 15 is 0 Å². The number of alkyl carbamates (subject to hydrolysis) is 1. The number of benzene rings is 1. The summed E-state index contributed by atoms with van der Waals surface area (Å²) in [6, 6.07) is 6.94. The van der Waals surface area contributed by atoms with Crippen LogP contribution in [0.5, 0.6) is 0 Å². The summed E-state index contributed by atoms with van der Waals surface area (Å²) in [5, 5.41) is 20.5. The number of aliphatic carboxylic acids is 1. The number of unbranched alkanes of at least 4 members (excludes halogenated alkanes) is 2. The maximum atomic E-state index is 13.2. The summed E-state index contributed by atoms with van der Waals surface area (Å²) in [6.45, 7) is 0.993. The Kier molecular flexibility index (Phi) is 12.3. The number of nitrogens with two attached hydrogens (primary N) is 1. The highest BCUT2D eigenvalue weighted by Crippen LogP contribution is 2.44. The van der Waals surface area contributed by atoms with Gasteiger partial charge in [0.05, 0.1) is 0 Å². The molecule has 2 aliphatic carbocycles. The first kappa shape index (κ1) is 30.2. The first-order valence-electron chi connectivity index (χ1n) is 14.1. The van der Waals surface area contributed by atoms with E-state index in [-0.39, 0.29) is 25.0 Å². The van der Waals surface area contributed by atoms with Crippen LogP contribution in [0.4, 0.5) is 9.59 Å². The molecule has 2 aliphatic rings. The highest BCUT2D eigenvalue weighted by molar-refractivity contribution is 5.89. The lowest BCUT2D eigenvalue weighted by Gasteiger charge is -2.26. The Hall–Kier alpha value is -3.34. The molecule has 0 radical (unpaired) electrons. The zero-order valence-electron chi connectivity index (χ0n) is 22.5. The zero-order valence-corrected chi connectivity index (χ0v) is 22.5. The zero-order chi connectivity index (χ0) is 28.0. The number of hydrogen-bond donors (Lipinski definition) is 6. The SMILES string of the molecule is NCCCC[C@H](NC(=O)N[C@H](CCCCNC(=O)OCc1ccccc1)C(=O)NC1C[C@H]2CC[C@H]1C2)C(=O)O. The van der Waals surface area contributed by atoms with Gasteiger partial charge < -0.3 is 36.8 Å². The fourth-order valence-electron chi connectivity index (χ4n) is 5.52. The molecule has 5 atom stereocenters. The largest absolute Gasteiger partial charge is 0.480 e. The second-order valence-corrected chi connectivity index (χ2v) is 10.6. The van der Waals surface area contributed by atoms with E-state index in [2.05, 4.69) is 21.3 Å². The lowest BCUT2D eigenvalue weighted by Crippen LogP contribution is -2.55. The summed E-state index contributed by atoms with van der Waals surface area (Å²) >= 11 is 0. The molecule has 0 saturated heterocycles. The molecular formula is C28H43N5O6. The number of fused-ring (bicyclic) bond motifs is 2. The second-order valence-electron chi connectivity index (χ2n) is 10.6. The van der Waals surface area contributed by atoms with E-state index in [9.17, 15) is 24.3 Å². The predicted octanol–water partition coefficient (Wildman–Crippen LogP) is 2.64. The van der Waals surface area contributed by atoms with Gasteiger partial charge in [-0.2, -0.15) is 0 Å². The van der Waals surface area contributed by atoms with Crippen molar-refractivity contribution in [2.75, 3.05) is 13.1 Å². The maximum absolute atomic E-state index is 13.2. The molecule has 2 bridgehead atoms. The van der Waals surface area contributed by atoms with Gasteiger partial charge in [0.25, 0.3) is 0 Å². The molecule has 0 heterocycles. The number of hydrogen-bond acceptors (Lipinski definition) is 6. The maximum Gasteiger partial charge on any atom is 0.407 e. The van der Waals surface area contributed by atoms with Crippen molar-refractivity contribution in [2.45, 2.75) is 88.9 Å². The Bertz CT molecular complexity index is 946. The topological polar surface area (TPSA) is 172 Å². The number of amides is 4. The van der Waals surface area contributed by atoms with Gasteiger partial charge in [-0.05, 0) is 81.7 Å². The molecule has 1 unspecified atom stereocenters. The molecule has 39 heavy (non-hydrogen) atoms. The molecule has 4 amide bonds. The van der Waals surface area contributed by atoms with Crippen molar-refractivity contribution in [3.05, 3.63) is 35.9 Å². The van der Waals surface area contributed by atoms with Gasteiger partial charge in [0.2, 0.25) is 5.91 Å². The van der Waals surface area contributed by atoms with Gasteiger partial charge in [-0.3, -0.25) is 4.79 Å².